The summed E-state index contributed by atoms with van der Waals surface area (Å²) in [5.41, 5.74) is 5.38. The second-order valence-corrected chi connectivity index (χ2v) is 3.49. The van der Waals surface area contributed by atoms with E-state index in [-0.39, 0.29) is 24.5 Å². The van der Waals surface area contributed by atoms with Gasteiger partial charge in [0.05, 0.1) is 0 Å². The minimum atomic E-state index is -0.480. The molecule has 1 aliphatic rings. The number of hydrogen-bond donors (Lipinski definition) is 1. The van der Waals surface area contributed by atoms with Crippen LogP contribution in [-0.2, 0) is 9.53 Å². The molecule has 1 fully saturated rings. The predicted octanol–water partition coefficient (Wildman–Crippen LogP) is 1.63. The summed E-state index contributed by atoms with van der Waals surface area (Å²) in [4.78, 5) is 11.1. The van der Waals surface area contributed by atoms with Crippen molar-refractivity contribution < 1.29 is 9.53 Å². The van der Waals surface area contributed by atoms with Gasteiger partial charge < -0.3 is 10.5 Å². The van der Waals surface area contributed by atoms with Crippen LogP contribution in [0.2, 0.25) is 0 Å². The molecule has 0 heterocycles. The molecule has 78 valence electrons. The molecule has 1 rings (SSSR count). The van der Waals surface area contributed by atoms with Crippen molar-refractivity contribution in [2.24, 2.45) is 5.73 Å². The smallest absolute Gasteiger partial charge is 0.322 e. The van der Waals surface area contributed by atoms with Gasteiger partial charge >= 0.3 is 5.97 Å². The molecule has 0 unspecified atom stereocenters. The molecule has 0 radical (unpaired) electrons. The monoisotopic (exact) mass is 207 g/mol. The van der Waals surface area contributed by atoms with Gasteiger partial charge in [-0.1, -0.05) is 6.42 Å². The first kappa shape index (κ1) is 12.7. The molecule has 0 amide bonds. The van der Waals surface area contributed by atoms with Gasteiger partial charge in [-0.3, -0.25) is 4.79 Å². The summed E-state index contributed by atoms with van der Waals surface area (Å²) < 4.78 is 5.19. The normalized spacial score (nSPS) is 20.2. The Balaban J connectivity index is 0.00000144. The molecule has 1 aliphatic carbocycles. The van der Waals surface area contributed by atoms with Crippen LogP contribution in [0.25, 0.3) is 0 Å². The molecular formula is C9H18ClNO2. The fourth-order valence-electron chi connectivity index (χ4n) is 1.45. The summed E-state index contributed by atoms with van der Waals surface area (Å²) in [5, 5.41) is 0. The maximum atomic E-state index is 11.1. The summed E-state index contributed by atoms with van der Waals surface area (Å²) in [6, 6.07) is -0.480. The Hall–Kier alpha value is -0.280. The summed E-state index contributed by atoms with van der Waals surface area (Å²) >= 11 is 0. The van der Waals surface area contributed by atoms with Crippen LogP contribution in [-0.4, -0.2) is 18.1 Å². The van der Waals surface area contributed by atoms with E-state index in [2.05, 4.69) is 0 Å². The van der Waals surface area contributed by atoms with Crippen molar-refractivity contribution in [1.82, 2.24) is 0 Å². The highest BCUT2D eigenvalue weighted by molar-refractivity contribution is 5.85. The molecule has 0 spiro atoms. The minimum Gasteiger partial charge on any atom is -0.461 e. The highest BCUT2D eigenvalue weighted by Crippen LogP contribution is 2.20. The first-order chi connectivity index (χ1) is 5.70. The lowest BCUT2D eigenvalue weighted by Crippen LogP contribution is -2.32. The maximum absolute atomic E-state index is 11.1. The van der Waals surface area contributed by atoms with Crippen molar-refractivity contribution in [3.05, 3.63) is 0 Å². The van der Waals surface area contributed by atoms with Crippen molar-refractivity contribution in [3.8, 4) is 0 Å². The number of carbonyl (C=O) groups is 1. The van der Waals surface area contributed by atoms with Crippen molar-refractivity contribution in [1.29, 1.82) is 0 Å². The number of rotatable bonds is 2. The van der Waals surface area contributed by atoms with E-state index in [0.717, 1.165) is 12.8 Å². The van der Waals surface area contributed by atoms with E-state index in [0.29, 0.717) is 0 Å². The van der Waals surface area contributed by atoms with Crippen LogP contribution in [0.5, 0.6) is 0 Å². The molecule has 0 saturated heterocycles. The standard InChI is InChI=1S/C9H17NO2.ClH/c1-7(10)9(11)12-8-5-3-2-4-6-8;/h7-8H,2-6,10H2,1H3;1H/t7-;/m0./s1. The third-order valence-electron chi connectivity index (χ3n) is 2.21. The zero-order chi connectivity index (χ0) is 8.97. The average molecular weight is 208 g/mol. The Bertz CT molecular complexity index is 156. The molecule has 1 atom stereocenters. The third kappa shape index (κ3) is 4.48. The molecule has 0 aliphatic heterocycles. The number of halogens is 1. The lowest BCUT2D eigenvalue weighted by Gasteiger charge is -2.22. The molecule has 4 heteroatoms. The molecular weight excluding hydrogens is 190 g/mol. The van der Waals surface area contributed by atoms with Gasteiger partial charge in [0.2, 0.25) is 0 Å². The van der Waals surface area contributed by atoms with Gasteiger partial charge in [0.15, 0.2) is 0 Å². The van der Waals surface area contributed by atoms with Crippen LogP contribution in [0.3, 0.4) is 0 Å². The van der Waals surface area contributed by atoms with Gasteiger partial charge in [-0.05, 0) is 32.6 Å². The highest BCUT2D eigenvalue weighted by atomic mass is 35.5. The minimum absolute atomic E-state index is 0. The number of esters is 1. The number of hydrogen-bond acceptors (Lipinski definition) is 3. The molecule has 0 aromatic rings. The summed E-state index contributed by atoms with van der Waals surface area (Å²) in [5.74, 6) is -0.262. The average Bonchev–Trinajstić information content (AvgIpc) is 2.06. The summed E-state index contributed by atoms with van der Waals surface area (Å²) in [6.07, 6.45) is 5.79. The maximum Gasteiger partial charge on any atom is 0.322 e. The molecule has 2 N–H and O–H groups in total. The molecule has 0 bridgehead atoms. The topological polar surface area (TPSA) is 52.3 Å². The van der Waals surface area contributed by atoms with Crippen LogP contribution in [0.15, 0.2) is 0 Å². The van der Waals surface area contributed by atoms with Gasteiger partial charge in [-0.2, -0.15) is 0 Å². The number of carbonyl (C=O) groups excluding carboxylic acids is 1. The SMILES string of the molecule is C[C@H](N)C(=O)OC1CCCCC1.Cl. The molecule has 1 saturated carbocycles. The van der Waals surface area contributed by atoms with Crippen LogP contribution >= 0.6 is 12.4 Å². The second kappa shape index (κ2) is 6.22. The first-order valence-electron chi connectivity index (χ1n) is 4.66. The lowest BCUT2D eigenvalue weighted by atomic mass is 9.98. The van der Waals surface area contributed by atoms with Gasteiger partial charge in [-0.25, -0.2) is 0 Å². The largest absolute Gasteiger partial charge is 0.461 e. The van der Waals surface area contributed by atoms with E-state index in [1.54, 1.807) is 6.92 Å². The van der Waals surface area contributed by atoms with Crippen molar-refractivity contribution in [3.63, 3.8) is 0 Å². The summed E-state index contributed by atoms with van der Waals surface area (Å²) in [6.45, 7) is 1.66. The Kier molecular flexibility index (Phi) is 6.08. The van der Waals surface area contributed by atoms with Crippen LogP contribution in [0.1, 0.15) is 39.0 Å². The molecule has 0 aromatic heterocycles. The van der Waals surface area contributed by atoms with Gasteiger partial charge in [-0.15, -0.1) is 12.4 Å². The predicted molar refractivity (Wildman–Crippen MR) is 53.9 cm³/mol. The number of nitrogens with two attached hydrogens (primary N) is 1. The van der Waals surface area contributed by atoms with Crippen molar-refractivity contribution >= 4 is 18.4 Å². The molecule has 13 heavy (non-hydrogen) atoms. The molecule has 0 aromatic carbocycles. The number of ether oxygens (including phenoxy) is 1. The zero-order valence-electron chi connectivity index (χ0n) is 7.99. The Morgan fingerprint density at radius 1 is 1.38 bits per heavy atom. The van der Waals surface area contributed by atoms with E-state index in [9.17, 15) is 4.79 Å². The van der Waals surface area contributed by atoms with E-state index in [1.165, 1.54) is 19.3 Å². The zero-order valence-corrected chi connectivity index (χ0v) is 8.81. The second-order valence-electron chi connectivity index (χ2n) is 3.49. The van der Waals surface area contributed by atoms with E-state index in [1.807, 2.05) is 0 Å². The van der Waals surface area contributed by atoms with Crippen LogP contribution in [0, 0.1) is 0 Å². The van der Waals surface area contributed by atoms with Crippen molar-refractivity contribution in [2.45, 2.75) is 51.2 Å². The Labute approximate surface area is 85.4 Å². The highest BCUT2D eigenvalue weighted by Gasteiger charge is 2.19. The first-order valence-corrected chi connectivity index (χ1v) is 4.66. The van der Waals surface area contributed by atoms with Crippen LogP contribution in [0.4, 0.5) is 0 Å². The fraction of sp³-hybridized carbons (Fsp3) is 0.889. The van der Waals surface area contributed by atoms with Gasteiger partial charge in [0.1, 0.15) is 12.1 Å². The van der Waals surface area contributed by atoms with Gasteiger partial charge in [0, 0.05) is 0 Å². The lowest BCUT2D eigenvalue weighted by molar-refractivity contribution is -0.151. The van der Waals surface area contributed by atoms with Gasteiger partial charge in [0.25, 0.3) is 0 Å². The fourth-order valence-corrected chi connectivity index (χ4v) is 1.45. The van der Waals surface area contributed by atoms with Crippen LogP contribution < -0.4 is 5.73 Å². The quantitative estimate of drug-likeness (QED) is 0.701. The summed E-state index contributed by atoms with van der Waals surface area (Å²) in [7, 11) is 0. The van der Waals surface area contributed by atoms with E-state index >= 15 is 0 Å². The van der Waals surface area contributed by atoms with Crippen molar-refractivity contribution in [2.75, 3.05) is 0 Å². The Morgan fingerprint density at radius 3 is 2.38 bits per heavy atom. The van der Waals surface area contributed by atoms with E-state index < -0.39 is 6.04 Å². The Morgan fingerprint density at radius 2 is 1.92 bits per heavy atom. The third-order valence-corrected chi connectivity index (χ3v) is 2.21. The van der Waals surface area contributed by atoms with E-state index in [4.69, 9.17) is 10.5 Å². The molecule has 3 nitrogen and oxygen atoms in total.